The first-order valence-corrected chi connectivity index (χ1v) is 6.27. The van der Waals surface area contributed by atoms with E-state index in [0.29, 0.717) is 0 Å². The molecule has 18 heavy (non-hydrogen) atoms. The molecule has 1 aliphatic carbocycles. The lowest BCUT2D eigenvalue weighted by Gasteiger charge is -2.20. The van der Waals surface area contributed by atoms with Gasteiger partial charge in [-0.1, -0.05) is 19.3 Å². The summed E-state index contributed by atoms with van der Waals surface area (Å²) in [5.74, 6) is -1.56. The van der Waals surface area contributed by atoms with Crippen LogP contribution in [-0.4, -0.2) is 12.4 Å². The van der Waals surface area contributed by atoms with Crippen LogP contribution in [0.2, 0.25) is 0 Å². The van der Waals surface area contributed by atoms with E-state index in [1.165, 1.54) is 12.5 Å². The first-order chi connectivity index (χ1) is 8.66. The second kappa shape index (κ2) is 5.94. The van der Waals surface area contributed by atoms with Crippen LogP contribution in [0.3, 0.4) is 0 Å². The summed E-state index contributed by atoms with van der Waals surface area (Å²) in [5, 5.41) is 0. The Labute approximate surface area is 105 Å². The van der Waals surface area contributed by atoms with Gasteiger partial charge in [-0.2, -0.15) is 0 Å². The van der Waals surface area contributed by atoms with E-state index in [1.54, 1.807) is 0 Å². The highest BCUT2D eigenvalue weighted by molar-refractivity contribution is 5.82. The van der Waals surface area contributed by atoms with E-state index in [1.807, 2.05) is 0 Å². The minimum Gasteiger partial charge on any atom is -0.486 e. The highest BCUT2D eigenvalue weighted by Gasteiger charge is 2.21. The summed E-state index contributed by atoms with van der Waals surface area (Å²) in [5.41, 5.74) is 0. The van der Waals surface area contributed by atoms with Crippen molar-refractivity contribution >= 4 is 5.78 Å². The molecule has 98 valence electrons. The number of ether oxygens (including phenoxy) is 1. The summed E-state index contributed by atoms with van der Waals surface area (Å²) in [7, 11) is 0. The second-order valence-electron chi connectivity index (χ2n) is 4.67. The van der Waals surface area contributed by atoms with Crippen LogP contribution < -0.4 is 4.74 Å². The van der Waals surface area contributed by atoms with Crippen molar-refractivity contribution in [3.05, 3.63) is 29.8 Å². The number of carbonyl (C=O) groups excluding carboxylic acids is 1. The molecule has 0 atom stereocenters. The fourth-order valence-corrected chi connectivity index (χ4v) is 2.26. The third kappa shape index (κ3) is 3.28. The van der Waals surface area contributed by atoms with Crippen LogP contribution in [0, 0.1) is 17.6 Å². The van der Waals surface area contributed by atoms with Gasteiger partial charge in [0.1, 0.15) is 12.4 Å². The number of halogens is 2. The fraction of sp³-hybridized carbons (Fsp3) is 0.500. The lowest BCUT2D eigenvalue weighted by atomic mass is 9.86. The molecule has 0 spiro atoms. The van der Waals surface area contributed by atoms with E-state index < -0.39 is 11.6 Å². The van der Waals surface area contributed by atoms with Gasteiger partial charge in [0.2, 0.25) is 0 Å². The lowest BCUT2D eigenvalue weighted by molar-refractivity contribution is -0.125. The number of Topliss-reactive ketones (excluding diaryl/α,β-unsaturated/α-hetero) is 1. The SMILES string of the molecule is O=C(COc1ccc(F)c(F)c1)C1CCCCC1. The molecule has 0 radical (unpaired) electrons. The van der Waals surface area contributed by atoms with Crippen LogP contribution in [0.4, 0.5) is 8.78 Å². The minimum absolute atomic E-state index is 0.0550. The predicted molar refractivity (Wildman–Crippen MR) is 63.4 cm³/mol. The maximum Gasteiger partial charge on any atom is 0.173 e. The Morgan fingerprint density at radius 3 is 2.56 bits per heavy atom. The highest BCUT2D eigenvalue weighted by Crippen LogP contribution is 2.24. The summed E-state index contributed by atoms with van der Waals surface area (Å²) < 4.78 is 30.8. The molecule has 0 amide bonds. The molecule has 1 aromatic rings. The summed E-state index contributed by atoms with van der Waals surface area (Å²) in [6, 6.07) is 3.28. The normalized spacial score (nSPS) is 16.6. The quantitative estimate of drug-likeness (QED) is 0.822. The van der Waals surface area contributed by atoms with Crippen molar-refractivity contribution in [1.82, 2.24) is 0 Å². The molecule has 1 fully saturated rings. The van der Waals surface area contributed by atoms with Gasteiger partial charge >= 0.3 is 0 Å². The van der Waals surface area contributed by atoms with Gasteiger partial charge < -0.3 is 4.74 Å². The van der Waals surface area contributed by atoms with E-state index in [-0.39, 0.29) is 24.1 Å². The summed E-state index contributed by atoms with van der Waals surface area (Å²) in [6.07, 6.45) is 5.19. The van der Waals surface area contributed by atoms with Crippen LogP contribution in [0.25, 0.3) is 0 Å². The first-order valence-electron chi connectivity index (χ1n) is 6.27. The van der Waals surface area contributed by atoms with Gasteiger partial charge in [-0.25, -0.2) is 8.78 Å². The Balaban J connectivity index is 1.86. The Kier molecular flexibility index (Phi) is 4.28. The average Bonchev–Trinajstić information content (AvgIpc) is 2.41. The van der Waals surface area contributed by atoms with Crippen LogP contribution in [0.15, 0.2) is 18.2 Å². The van der Waals surface area contributed by atoms with Crippen molar-refractivity contribution < 1.29 is 18.3 Å². The van der Waals surface area contributed by atoms with Gasteiger partial charge in [0.15, 0.2) is 17.4 Å². The molecule has 0 bridgehead atoms. The molecule has 1 aromatic carbocycles. The molecule has 4 heteroatoms. The van der Waals surface area contributed by atoms with E-state index in [9.17, 15) is 13.6 Å². The summed E-state index contributed by atoms with van der Waals surface area (Å²) in [4.78, 5) is 11.8. The van der Waals surface area contributed by atoms with Crippen molar-refractivity contribution in [2.24, 2.45) is 5.92 Å². The number of hydrogen-bond acceptors (Lipinski definition) is 2. The van der Waals surface area contributed by atoms with E-state index >= 15 is 0 Å². The van der Waals surface area contributed by atoms with Crippen molar-refractivity contribution in [3.63, 3.8) is 0 Å². The lowest BCUT2D eigenvalue weighted by Crippen LogP contribution is -2.23. The number of hydrogen-bond donors (Lipinski definition) is 0. The number of ketones is 1. The summed E-state index contributed by atoms with van der Waals surface area (Å²) in [6.45, 7) is -0.0598. The van der Waals surface area contributed by atoms with Gasteiger partial charge in [0.05, 0.1) is 0 Å². The third-order valence-corrected chi connectivity index (χ3v) is 3.33. The van der Waals surface area contributed by atoms with Gasteiger partial charge in [0, 0.05) is 12.0 Å². The average molecular weight is 254 g/mol. The van der Waals surface area contributed by atoms with Crippen molar-refractivity contribution in [1.29, 1.82) is 0 Å². The molecule has 0 saturated heterocycles. The molecule has 1 saturated carbocycles. The van der Waals surface area contributed by atoms with Gasteiger partial charge in [-0.05, 0) is 25.0 Å². The highest BCUT2D eigenvalue weighted by atomic mass is 19.2. The van der Waals surface area contributed by atoms with Crippen LogP contribution in [0.5, 0.6) is 5.75 Å². The monoisotopic (exact) mass is 254 g/mol. The number of rotatable bonds is 4. The number of carbonyl (C=O) groups is 1. The minimum atomic E-state index is -0.961. The molecule has 0 unspecified atom stereocenters. The third-order valence-electron chi connectivity index (χ3n) is 3.33. The van der Waals surface area contributed by atoms with E-state index in [0.717, 1.165) is 37.8 Å². The molecule has 2 nitrogen and oxygen atoms in total. The van der Waals surface area contributed by atoms with E-state index in [2.05, 4.69) is 0 Å². The Hall–Kier alpha value is -1.45. The van der Waals surface area contributed by atoms with Crippen molar-refractivity contribution in [3.8, 4) is 5.75 Å². The van der Waals surface area contributed by atoms with Gasteiger partial charge in [-0.15, -0.1) is 0 Å². The molecular weight excluding hydrogens is 238 g/mol. The maximum absolute atomic E-state index is 12.9. The van der Waals surface area contributed by atoms with Gasteiger partial charge in [0.25, 0.3) is 0 Å². The molecule has 0 N–H and O–H groups in total. The Morgan fingerprint density at radius 2 is 1.89 bits per heavy atom. The predicted octanol–water partition coefficient (Wildman–Crippen LogP) is 3.49. The van der Waals surface area contributed by atoms with Crippen LogP contribution >= 0.6 is 0 Å². The van der Waals surface area contributed by atoms with Crippen molar-refractivity contribution in [2.75, 3.05) is 6.61 Å². The van der Waals surface area contributed by atoms with Crippen LogP contribution in [0.1, 0.15) is 32.1 Å². The standard InChI is InChI=1S/C14H16F2O2/c15-12-7-6-11(8-13(12)16)18-9-14(17)10-4-2-1-3-5-10/h6-8,10H,1-5,9H2. The molecule has 0 aliphatic heterocycles. The molecule has 1 aliphatic rings. The largest absolute Gasteiger partial charge is 0.486 e. The first kappa shape index (κ1) is 13.0. The molecule has 2 rings (SSSR count). The zero-order valence-corrected chi connectivity index (χ0v) is 10.1. The second-order valence-corrected chi connectivity index (χ2v) is 4.67. The van der Waals surface area contributed by atoms with Gasteiger partial charge in [-0.3, -0.25) is 4.79 Å². The summed E-state index contributed by atoms with van der Waals surface area (Å²) >= 11 is 0. The molecule has 0 aromatic heterocycles. The van der Waals surface area contributed by atoms with E-state index in [4.69, 9.17) is 4.74 Å². The zero-order chi connectivity index (χ0) is 13.0. The molecule has 0 heterocycles. The fourth-order valence-electron chi connectivity index (χ4n) is 2.26. The number of benzene rings is 1. The van der Waals surface area contributed by atoms with Crippen molar-refractivity contribution in [2.45, 2.75) is 32.1 Å². The Bertz CT molecular complexity index is 426. The Morgan fingerprint density at radius 1 is 1.17 bits per heavy atom. The molecular formula is C14H16F2O2. The smallest absolute Gasteiger partial charge is 0.173 e. The van der Waals surface area contributed by atoms with Crippen LogP contribution in [-0.2, 0) is 4.79 Å². The topological polar surface area (TPSA) is 26.3 Å². The maximum atomic E-state index is 12.9. The zero-order valence-electron chi connectivity index (χ0n) is 10.1.